The predicted molar refractivity (Wildman–Crippen MR) is 176 cm³/mol. The third-order valence-electron chi connectivity index (χ3n) is 8.80. The van der Waals surface area contributed by atoms with Gasteiger partial charge in [0.15, 0.2) is 5.69 Å². The third kappa shape index (κ3) is 3.83. The van der Waals surface area contributed by atoms with Crippen LogP contribution in [0.5, 0.6) is 0 Å². The number of pyridine rings is 1. The summed E-state index contributed by atoms with van der Waals surface area (Å²) in [7, 11) is 0. The Labute approximate surface area is 251 Å². The second kappa shape index (κ2) is 9.94. The van der Waals surface area contributed by atoms with Crippen molar-refractivity contribution in [3.8, 4) is 33.5 Å². The highest BCUT2D eigenvalue weighted by Gasteiger charge is 2.46. The zero-order valence-electron chi connectivity index (χ0n) is 23.4. The lowest BCUT2D eigenvalue weighted by Gasteiger charge is -2.34. The van der Waals surface area contributed by atoms with Gasteiger partial charge in [0, 0.05) is 6.20 Å². The van der Waals surface area contributed by atoms with Crippen molar-refractivity contribution in [3.05, 3.63) is 192 Å². The zero-order chi connectivity index (χ0) is 28.8. The highest BCUT2D eigenvalue weighted by Crippen LogP contribution is 2.58. The number of benzene rings is 6. The smallest absolute Gasteiger partial charge is 0.190 e. The van der Waals surface area contributed by atoms with Crippen LogP contribution in [0.15, 0.2) is 158 Å². The maximum atomic E-state index is 7.43. The van der Waals surface area contributed by atoms with Crippen LogP contribution in [0.1, 0.15) is 22.3 Å². The van der Waals surface area contributed by atoms with Crippen molar-refractivity contribution in [3.63, 3.8) is 0 Å². The summed E-state index contributed by atoms with van der Waals surface area (Å²) in [6.07, 6.45) is 1.71. The molecule has 6 aromatic carbocycles. The van der Waals surface area contributed by atoms with E-state index < -0.39 is 5.41 Å². The van der Waals surface area contributed by atoms with Gasteiger partial charge in [-0.25, -0.2) is 4.85 Å². The summed E-state index contributed by atoms with van der Waals surface area (Å²) < 4.78 is 0. The average molecular weight is 547 g/mol. The van der Waals surface area contributed by atoms with E-state index in [4.69, 9.17) is 6.57 Å². The van der Waals surface area contributed by atoms with Gasteiger partial charge in [-0.2, -0.15) is 0 Å². The first kappa shape index (κ1) is 25.0. The van der Waals surface area contributed by atoms with Gasteiger partial charge in [-0.05, 0) is 85.1 Å². The maximum absolute atomic E-state index is 7.43. The maximum Gasteiger partial charge on any atom is 0.190 e. The van der Waals surface area contributed by atoms with Gasteiger partial charge < -0.3 is 0 Å². The van der Waals surface area contributed by atoms with Gasteiger partial charge in [-0.15, -0.1) is 0 Å². The Morgan fingerprint density at radius 2 is 1.23 bits per heavy atom. The van der Waals surface area contributed by atoms with Crippen molar-refractivity contribution in [2.45, 2.75) is 5.41 Å². The van der Waals surface area contributed by atoms with Gasteiger partial charge >= 0.3 is 0 Å². The lowest BCUT2D eigenvalue weighted by Crippen LogP contribution is -2.28. The summed E-state index contributed by atoms with van der Waals surface area (Å²) in [6, 6.07) is 54.2. The van der Waals surface area contributed by atoms with E-state index in [9.17, 15) is 0 Å². The molecule has 0 atom stereocenters. The molecule has 1 heterocycles. The molecular weight excluding hydrogens is 520 g/mol. The number of hydrogen-bond acceptors (Lipinski definition) is 1. The molecule has 0 saturated carbocycles. The SMILES string of the molecule is [C-]#[N+]c1ccnc(-c2cccc(-c3ccc4c(c3)C(c3ccccc3)(c3ccccc3)c3ccc5ccccc5c3-4)c2)c1. The van der Waals surface area contributed by atoms with Crippen LogP contribution in [0, 0.1) is 6.57 Å². The molecule has 0 amide bonds. The molecule has 43 heavy (non-hydrogen) atoms. The minimum absolute atomic E-state index is 0.476. The first-order chi connectivity index (χ1) is 21.3. The fourth-order valence-corrected chi connectivity index (χ4v) is 6.94. The molecule has 7 aromatic rings. The van der Waals surface area contributed by atoms with Crippen LogP contribution in [0.4, 0.5) is 5.69 Å². The number of hydrogen-bond donors (Lipinski definition) is 0. The van der Waals surface area contributed by atoms with Gasteiger partial charge in [-0.1, -0.05) is 127 Å². The molecule has 1 aromatic heterocycles. The quantitative estimate of drug-likeness (QED) is 0.201. The van der Waals surface area contributed by atoms with E-state index in [0.29, 0.717) is 5.69 Å². The van der Waals surface area contributed by atoms with Crippen LogP contribution >= 0.6 is 0 Å². The molecule has 0 aliphatic heterocycles. The van der Waals surface area contributed by atoms with Crippen molar-refractivity contribution >= 4 is 16.5 Å². The molecule has 2 nitrogen and oxygen atoms in total. The molecule has 1 aliphatic carbocycles. The minimum Gasteiger partial charge on any atom is -0.259 e. The number of fused-ring (bicyclic) bond motifs is 5. The zero-order valence-corrected chi connectivity index (χ0v) is 23.4. The normalized spacial score (nSPS) is 12.8. The van der Waals surface area contributed by atoms with Gasteiger partial charge in [-0.3, -0.25) is 4.98 Å². The van der Waals surface area contributed by atoms with E-state index >= 15 is 0 Å². The van der Waals surface area contributed by atoms with E-state index in [-0.39, 0.29) is 0 Å². The Hall–Kier alpha value is -5.78. The van der Waals surface area contributed by atoms with E-state index in [1.54, 1.807) is 12.3 Å². The van der Waals surface area contributed by atoms with Gasteiger partial charge in [0.2, 0.25) is 0 Å². The summed E-state index contributed by atoms with van der Waals surface area (Å²) in [5, 5.41) is 2.52. The molecule has 1 aliphatic rings. The van der Waals surface area contributed by atoms with Crippen molar-refractivity contribution in [1.82, 2.24) is 4.98 Å². The van der Waals surface area contributed by atoms with Crippen LogP contribution in [-0.2, 0) is 5.41 Å². The highest BCUT2D eigenvalue weighted by molar-refractivity contribution is 6.04. The standard InChI is InChI=1S/C41H26N2/c1-42-34-23-24-43-39(27-34)31-13-10-12-29(25-31)30-19-21-36-38(26-30)41(32-14-4-2-5-15-32,33-16-6-3-7-17-33)37-22-20-28-11-8-9-18-35(28)40(36)37/h2-27H. The Kier molecular flexibility index (Phi) is 5.77. The molecule has 2 heteroatoms. The lowest BCUT2D eigenvalue weighted by molar-refractivity contribution is 0.769. The Bertz CT molecular complexity index is 2150. The Morgan fingerprint density at radius 1 is 0.535 bits per heavy atom. The highest BCUT2D eigenvalue weighted by atomic mass is 14.7. The second-order valence-electron chi connectivity index (χ2n) is 11.0. The fourth-order valence-electron chi connectivity index (χ4n) is 6.94. The lowest BCUT2D eigenvalue weighted by atomic mass is 9.67. The largest absolute Gasteiger partial charge is 0.259 e. The molecule has 8 rings (SSSR count). The monoisotopic (exact) mass is 546 g/mol. The topological polar surface area (TPSA) is 17.2 Å². The van der Waals surface area contributed by atoms with Gasteiger partial charge in [0.05, 0.1) is 17.7 Å². The summed E-state index contributed by atoms with van der Waals surface area (Å²) in [5.74, 6) is 0. The molecule has 0 N–H and O–H groups in total. The van der Waals surface area contributed by atoms with Crippen molar-refractivity contribution in [2.24, 2.45) is 0 Å². The van der Waals surface area contributed by atoms with Crippen LogP contribution in [0.25, 0.3) is 49.1 Å². The Balaban J connectivity index is 1.42. The van der Waals surface area contributed by atoms with Crippen LogP contribution in [-0.4, -0.2) is 4.98 Å². The van der Waals surface area contributed by atoms with E-state index in [0.717, 1.165) is 22.4 Å². The summed E-state index contributed by atoms with van der Waals surface area (Å²) >= 11 is 0. The van der Waals surface area contributed by atoms with Gasteiger partial charge in [0.25, 0.3) is 0 Å². The number of nitrogens with zero attached hydrogens (tertiary/aromatic N) is 2. The van der Waals surface area contributed by atoms with Crippen molar-refractivity contribution < 1.29 is 0 Å². The first-order valence-electron chi connectivity index (χ1n) is 14.5. The van der Waals surface area contributed by atoms with E-state index in [2.05, 4.69) is 149 Å². The van der Waals surface area contributed by atoms with Gasteiger partial charge in [0.1, 0.15) is 0 Å². The van der Waals surface area contributed by atoms with Crippen LogP contribution < -0.4 is 0 Å². The Morgan fingerprint density at radius 3 is 2.00 bits per heavy atom. The number of rotatable bonds is 4. The molecule has 0 fully saturated rings. The summed E-state index contributed by atoms with van der Waals surface area (Å²) in [6.45, 7) is 7.43. The fraction of sp³-hybridized carbons (Fsp3) is 0.0244. The number of aromatic nitrogens is 1. The average Bonchev–Trinajstić information content (AvgIpc) is 3.40. The second-order valence-corrected chi connectivity index (χ2v) is 11.0. The third-order valence-corrected chi connectivity index (χ3v) is 8.80. The first-order valence-corrected chi connectivity index (χ1v) is 14.5. The van der Waals surface area contributed by atoms with Crippen molar-refractivity contribution in [1.29, 1.82) is 0 Å². The molecule has 0 radical (unpaired) electrons. The van der Waals surface area contributed by atoms with E-state index in [1.807, 2.05) is 6.07 Å². The van der Waals surface area contributed by atoms with E-state index in [1.165, 1.54) is 44.2 Å². The minimum atomic E-state index is -0.476. The van der Waals surface area contributed by atoms with Crippen molar-refractivity contribution in [2.75, 3.05) is 0 Å². The summed E-state index contributed by atoms with van der Waals surface area (Å²) in [5.41, 5.74) is 11.9. The molecular formula is C41H26N2. The molecule has 200 valence electrons. The molecule has 0 bridgehead atoms. The molecule has 0 spiro atoms. The molecule has 0 unspecified atom stereocenters. The van der Waals surface area contributed by atoms with Crippen LogP contribution in [0.3, 0.4) is 0 Å². The predicted octanol–water partition coefficient (Wildman–Crippen LogP) is 10.5. The van der Waals surface area contributed by atoms with Crippen LogP contribution in [0.2, 0.25) is 0 Å². The summed E-state index contributed by atoms with van der Waals surface area (Å²) in [4.78, 5) is 8.17. The molecule has 0 saturated heterocycles.